The molecule has 0 amide bonds. The van der Waals surface area contributed by atoms with Gasteiger partial charge in [-0.25, -0.2) is 14.4 Å². The molecule has 0 bridgehead atoms. The minimum atomic E-state index is -0.310. The Bertz CT molecular complexity index is 618. The molecule has 0 spiro atoms. The second-order valence-electron chi connectivity index (χ2n) is 4.33. The zero-order valence-electron chi connectivity index (χ0n) is 10.1. The number of benzene rings is 1. The van der Waals surface area contributed by atoms with Crippen molar-refractivity contribution in [3.63, 3.8) is 0 Å². The van der Waals surface area contributed by atoms with Crippen molar-refractivity contribution in [2.45, 2.75) is 13.0 Å². The van der Waals surface area contributed by atoms with E-state index in [9.17, 15) is 4.39 Å². The highest BCUT2D eigenvalue weighted by Crippen LogP contribution is 2.23. The van der Waals surface area contributed by atoms with Crippen LogP contribution in [0.1, 0.15) is 11.3 Å². The number of halogens is 2. The Balaban J connectivity index is 1.91. The van der Waals surface area contributed by atoms with Gasteiger partial charge in [-0.05, 0) is 31.2 Å². The Kier molecular flexibility index (Phi) is 3.31. The van der Waals surface area contributed by atoms with Crippen molar-refractivity contribution in [1.82, 2.24) is 15.3 Å². The van der Waals surface area contributed by atoms with Crippen LogP contribution in [0.2, 0.25) is 5.15 Å². The second kappa shape index (κ2) is 5.11. The van der Waals surface area contributed by atoms with Crippen molar-refractivity contribution in [3.05, 3.63) is 46.5 Å². The van der Waals surface area contributed by atoms with Crippen LogP contribution in [0.3, 0.4) is 0 Å². The van der Waals surface area contributed by atoms with Crippen molar-refractivity contribution in [2.75, 3.05) is 11.9 Å². The highest BCUT2D eigenvalue weighted by atomic mass is 35.5. The summed E-state index contributed by atoms with van der Waals surface area (Å²) in [5.41, 5.74) is 2.48. The fraction of sp³-hybridized carbons (Fsp3) is 0.231. The van der Waals surface area contributed by atoms with E-state index in [-0.39, 0.29) is 5.82 Å². The fourth-order valence-electron chi connectivity index (χ4n) is 2.06. The smallest absolute Gasteiger partial charge is 0.228 e. The molecule has 3 rings (SSSR count). The third kappa shape index (κ3) is 2.67. The molecule has 0 unspecified atom stereocenters. The van der Waals surface area contributed by atoms with Gasteiger partial charge < -0.3 is 10.6 Å². The molecule has 0 atom stereocenters. The lowest BCUT2D eigenvalue weighted by molar-refractivity contribution is 0.624. The summed E-state index contributed by atoms with van der Waals surface area (Å²) in [5, 5.41) is 6.66. The number of fused-ring (bicyclic) bond motifs is 1. The number of rotatable bonds is 2. The number of aromatic nitrogens is 2. The van der Waals surface area contributed by atoms with Crippen molar-refractivity contribution in [2.24, 2.45) is 0 Å². The summed E-state index contributed by atoms with van der Waals surface area (Å²) in [5.74, 6) is 0.0776. The second-order valence-corrected chi connectivity index (χ2v) is 4.68. The lowest BCUT2D eigenvalue weighted by atomic mass is 10.1. The molecule has 4 nitrogen and oxygen atoms in total. The Morgan fingerprint density at radius 1 is 1.32 bits per heavy atom. The largest absolute Gasteiger partial charge is 0.324 e. The van der Waals surface area contributed by atoms with Crippen LogP contribution in [-0.2, 0) is 13.0 Å². The van der Waals surface area contributed by atoms with E-state index in [0.29, 0.717) is 23.3 Å². The Hall–Kier alpha value is -1.72. The van der Waals surface area contributed by atoms with Gasteiger partial charge in [0.2, 0.25) is 5.95 Å². The molecule has 2 N–H and O–H groups in total. The van der Waals surface area contributed by atoms with Crippen LogP contribution < -0.4 is 10.6 Å². The average molecular weight is 279 g/mol. The summed E-state index contributed by atoms with van der Waals surface area (Å²) < 4.78 is 13.1. The van der Waals surface area contributed by atoms with E-state index in [2.05, 4.69) is 20.6 Å². The standard InChI is InChI=1S/C13H12ClFN4/c14-12-10-4-5-16-7-11(10)18-13(19-12)17-9-3-1-2-8(15)6-9/h1-3,6,16H,4-5,7H2,(H,17,18,19). The number of anilines is 2. The lowest BCUT2D eigenvalue weighted by Crippen LogP contribution is -2.25. The van der Waals surface area contributed by atoms with Gasteiger partial charge in [-0.2, -0.15) is 0 Å². The maximum Gasteiger partial charge on any atom is 0.228 e. The first-order valence-corrected chi connectivity index (χ1v) is 6.39. The normalized spacial score (nSPS) is 14.0. The molecule has 6 heteroatoms. The number of nitrogens with one attached hydrogen (secondary N) is 2. The maximum atomic E-state index is 13.1. The molecule has 0 radical (unpaired) electrons. The summed E-state index contributed by atoms with van der Waals surface area (Å²) in [6.45, 7) is 1.56. The van der Waals surface area contributed by atoms with Crippen molar-refractivity contribution < 1.29 is 4.39 Å². The summed E-state index contributed by atoms with van der Waals surface area (Å²) in [6, 6.07) is 6.14. The van der Waals surface area contributed by atoms with Crippen LogP contribution in [0.5, 0.6) is 0 Å². The van der Waals surface area contributed by atoms with Crippen LogP contribution in [0.4, 0.5) is 16.0 Å². The van der Waals surface area contributed by atoms with Gasteiger partial charge >= 0.3 is 0 Å². The van der Waals surface area contributed by atoms with E-state index in [1.54, 1.807) is 12.1 Å². The van der Waals surface area contributed by atoms with Gasteiger partial charge in [0.15, 0.2) is 0 Å². The number of hydrogen-bond donors (Lipinski definition) is 2. The Labute approximate surface area is 115 Å². The molecular weight excluding hydrogens is 267 g/mol. The lowest BCUT2D eigenvalue weighted by Gasteiger charge is -2.18. The summed E-state index contributed by atoms with van der Waals surface area (Å²) in [6.07, 6.45) is 0.828. The fourth-order valence-corrected chi connectivity index (χ4v) is 2.35. The molecule has 0 saturated heterocycles. The topological polar surface area (TPSA) is 49.8 Å². The summed E-state index contributed by atoms with van der Waals surface area (Å²) >= 11 is 6.15. The van der Waals surface area contributed by atoms with Crippen LogP contribution >= 0.6 is 11.6 Å². The van der Waals surface area contributed by atoms with Crippen molar-refractivity contribution in [3.8, 4) is 0 Å². The van der Waals surface area contributed by atoms with E-state index in [4.69, 9.17) is 11.6 Å². The first-order valence-electron chi connectivity index (χ1n) is 6.01. The minimum Gasteiger partial charge on any atom is -0.324 e. The molecule has 1 aromatic carbocycles. The molecule has 1 aliphatic heterocycles. The van der Waals surface area contributed by atoms with Gasteiger partial charge in [-0.3, -0.25) is 0 Å². The minimum absolute atomic E-state index is 0.310. The van der Waals surface area contributed by atoms with Crippen LogP contribution in [-0.4, -0.2) is 16.5 Å². The first kappa shape index (κ1) is 12.3. The molecule has 98 valence electrons. The number of hydrogen-bond acceptors (Lipinski definition) is 4. The SMILES string of the molecule is Fc1cccc(Nc2nc(Cl)c3c(n2)CNCC3)c1. The predicted octanol–water partition coefficient (Wildman–Crippen LogP) is 2.66. The summed E-state index contributed by atoms with van der Waals surface area (Å²) in [4.78, 5) is 8.61. The van der Waals surface area contributed by atoms with Gasteiger partial charge in [-0.1, -0.05) is 17.7 Å². The zero-order chi connectivity index (χ0) is 13.2. The molecule has 1 aromatic heterocycles. The first-order chi connectivity index (χ1) is 9.22. The van der Waals surface area contributed by atoms with Crippen LogP contribution in [0, 0.1) is 5.82 Å². The monoisotopic (exact) mass is 278 g/mol. The highest BCUT2D eigenvalue weighted by molar-refractivity contribution is 6.30. The van der Waals surface area contributed by atoms with Crippen molar-refractivity contribution >= 4 is 23.2 Å². The van der Waals surface area contributed by atoms with Gasteiger partial charge in [-0.15, -0.1) is 0 Å². The molecular formula is C13H12ClFN4. The van der Waals surface area contributed by atoms with E-state index in [1.165, 1.54) is 12.1 Å². The molecule has 2 heterocycles. The zero-order valence-corrected chi connectivity index (χ0v) is 10.8. The quantitative estimate of drug-likeness (QED) is 0.829. The molecule has 1 aliphatic rings. The molecule has 0 aliphatic carbocycles. The van der Waals surface area contributed by atoms with Gasteiger partial charge in [0.05, 0.1) is 5.69 Å². The maximum absolute atomic E-state index is 13.1. The van der Waals surface area contributed by atoms with Gasteiger partial charge in [0, 0.05) is 17.8 Å². The predicted molar refractivity (Wildman–Crippen MR) is 72.1 cm³/mol. The van der Waals surface area contributed by atoms with E-state index >= 15 is 0 Å². The third-order valence-corrected chi connectivity index (χ3v) is 3.28. The van der Waals surface area contributed by atoms with Crippen LogP contribution in [0.15, 0.2) is 24.3 Å². The van der Waals surface area contributed by atoms with E-state index < -0.39 is 0 Å². The van der Waals surface area contributed by atoms with Gasteiger partial charge in [0.1, 0.15) is 11.0 Å². The van der Waals surface area contributed by atoms with E-state index in [1.807, 2.05) is 0 Å². The van der Waals surface area contributed by atoms with Crippen molar-refractivity contribution in [1.29, 1.82) is 0 Å². The van der Waals surface area contributed by atoms with E-state index in [0.717, 1.165) is 24.2 Å². The number of nitrogens with zero attached hydrogens (tertiary/aromatic N) is 2. The third-order valence-electron chi connectivity index (χ3n) is 2.97. The van der Waals surface area contributed by atoms with Crippen LogP contribution in [0.25, 0.3) is 0 Å². The van der Waals surface area contributed by atoms with Gasteiger partial charge in [0.25, 0.3) is 0 Å². The molecule has 2 aromatic rings. The Morgan fingerprint density at radius 2 is 2.21 bits per heavy atom. The molecule has 0 fully saturated rings. The molecule has 0 saturated carbocycles. The molecule has 19 heavy (non-hydrogen) atoms. The summed E-state index contributed by atoms with van der Waals surface area (Å²) in [7, 11) is 0. The Morgan fingerprint density at radius 3 is 3.05 bits per heavy atom. The average Bonchev–Trinajstić information content (AvgIpc) is 2.39. The highest BCUT2D eigenvalue weighted by Gasteiger charge is 2.16.